The number of hydrogen-bond acceptors (Lipinski definition) is 7. The van der Waals surface area contributed by atoms with Crippen molar-refractivity contribution in [2.24, 2.45) is 11.1 Å². The Labute approximate surface area is 132 Å². The van der Waals surface area contributed by atoms with E-state index in [1.807, 2.05) is 20.8 Å². The van der Waals surface area contributed by atoms with Crippen LogP contribution in [0.25, 0.3) is 10.6 Å². The molecular formula is C14H18N4O3S. The Morgan fingerprint density at radius 1 is 1.55 bits per heavy atom. The van der Waals surface area contributed by atoms with Crippen LogP contribution in [0.5, 0.6) is 0 Å². The summed E-state index contributed by atoms with van der Waals surface area (Å²) < 4.78 is 6.63. The van der Waals surface area contributed by atoms with Crippen LogP contribution in [0.15, 0.2) is 17.8 Å². The number of nitrogens with zero attached hydrogens (tertiary/aromatic N) is 3. The van der Waals surface area contributed by atoms with Crippen molar-refractivity contribution in [3.8, 4) is 10.6 Å². The van der Waals surface area contributed by atoms with Gasteiger partial charge >= 0.3 is 5.97 Å². The van der Waals surface area contributed by atoms with Crippen molar-refractivity contribution in [1.82, 2.24) is 14.8 Å². The molecule has 2 rings (SSSR count). The molecule has 1 unspecified atom stereocenters. The normalized spacial score (nSPS) is 12.9. The first kappa shape index (κ1) is 16.3. The van der Waals surface area contributed by atoms with Gasteiger partial charge < -0.3 is 10.5 Å². The Morgan fingerprint density at radius 2 is 2.27 bits per heavy atom. The zero-order chi connectivity index (χ0) is 16.3. The Morgan fingerprint density at radius 3 is 2.86 bits per heavy atom. The van der Waals surface area contributed by atoms with Crippen molar-refractivity contribution in [2.45, 2.75) is 33.5 Å². The summed E-state index contributed by atoms with van der Waals surface area (Å²) >= 11 is 1.35. The molecule has 2 aromatic rings. The zero-order valence-electron chi connectivity index (χ0n) is 12.6. The fraction of sp³-hybridized carbons (Fsp3) is 0.429. The molecule has 0 saturated heterocycles. The largest absolute Gasteiger partial charge is 0.441 e. The highest BCUT2D eigenvalue weighted by Crippen LogP contribution is 2.22. The number of hydrogen-bond donors (Lipinski definition) is 1. The van der Waals surface area contributed by atoms with Gasteiger partial charge in [0.15, 0.2) is 13.0 Å². The predicted octanol–water partition coefficient (Wildman–Crippen LogP) is 1.69. The fourth-order valence-corrected chi connectivity index (χ4v) is 2.33. The smallest absolute Gasteiger partial charge is 0.325 e. The zero-order valence-corrected chi connectivity index (χ0v) is 13.5. The number of ether oxygens (including phenoxy) is 1. The number of carbonyl (C=O) groups is 2. The van der Waals surface area contributed by atoms with E-state index >= 15 is 0 Å². The second kappa shape index (κ2) is 6.37. The van der Waals surface area contributed by atoms with E-state index in [0.29, 0.717) is 17.0 Å². The molecule has 118 valence electrons. The monoisotopic (exact) mass is 322 g/mol. The summed E-state index contributed by atoms with van der Waals surface area (Å²) in [4.78, 5) is 26.6. The van der Waals surface area contributed by atoms with Crippen molar-refractivity contribution in [1.29, 1.82) is 0 Å². The van der Waals surface area contributed by atoms with Crippen molar-refractivity contribution >= 4 is 23.6 Å². The van der Waals surface area contributed by atoms with Gasteiger partial charge in [-0.15, -0.1) is 11.3 Å². The summed E-state index contributed by atoms with van der Waals surface area (Å²) in [6.45, 7) is 5.60. The second-order valence-electron chi connectivity index (χ2n) is 5.90. The summed E-state index contributed by atoms with van der Waals surface area (Å²) in [5.41, 5.74) is 6.61. The lowest BCUT2D eigenvalue weighted by molar-refractivity contribution is -0.152. The topological polar surface area (TPSA) is 100 Å². The number of aromatic nitrogens is 3. The fourth-order valence-electron chi connectivity index (χ4n) is 1.59. The first-order valence-electron chi connectivity index (χ1n) is 6.67. The van der Waals surface area contributed by atoms with Gasteiger partial charge in [-0.3, -0.25) is 9.59 Å². The van der Waals surface area contributed by atoms with Crippen molar-refractivity contribution < 1.29 is 14.3 Å². The Kier molecular flexibility index (Phi) is 4.72. The van der Waals surface area contributed by atoms with E-state index in [4.69, 9.17) is 10.5 Å². The van der Waals surface area contributed by atoms with E-state index in [2.05, 4.69) is 10.1 Å². The number of aldehydes is 1. The van der Waals surface area contributed by atoms with Gasteiger partial charge in [0.1, 0.15) is 16.7 Å². The molecule has 0 aliphatic heterocycles. The first-order valence-corrected chi connectivity index (χ1v) is 7.55. The van der Waals surface area contributed by atoms with Crippen LogP contribution in [0.2, 0.25) is 0 Å². The molecule has 0 aromatic carbocycles. The number of esters is 1. The molecule has 0 bridgehead atoms. The van der Waals surface area contributed by atoms with Crippen LogP contribution in [0.4, 0.5) is 0 Å². The van der Waals surface area contributed by atoms with Crippen molar-refractivity contribution in [2.75, 3.05) is 0 Å². The van der Waals surface area contributed by atoms with Gasteiger partial charge in [0.05, 0.1) is 6.20 Å². The standard InChI is InChI=1S/C14H18N4O3S/c1-14(2,3)11(15)13(20)21-8-18-5-9(4-16-18)12-17-10(6-19)7-22-12/h4-7,11H,8,15H2,1-3H3. The van der Waals surface area contributed by atoms with E-state index < -0.39 is 12.0 Å². The third kappa shape index (κ3) is 3.77. The third-order valence-corrected chi connectivity index (χ3v) is 3.96. The molecule has 0 aliphatic carbocycles. The maximum Gasteiger partial charge on any atom is 0.325 e. The molecule has 0 spiro atoms. The molecule has 0 saturated carbocycles. The van der Waals surface area contributed by atoms with Gasteiger partial charge in [-0.25, -0.2) is 9.67 Å². The minimum Gasteiger partial charge on any atom is -0.441 e. The van der Waals surface area contributed by atoms with E-state index in [9.17, 15) is 9.59 Å². The van der Waals surface area contributed by atoms with E-state index in [-0.39, 0.29) is 12.1 Å². The second-order valence-corrected chi connectivity index (χ2v) is 6.76. The minimum absolute atomic E-state index is 0.0193. The Hall–Kier alpha value is -2.06. The van der Waals surface area contributed by atoms with E-state index in [1.165, 1.54) is 16.0 Å². The lowest BCUT2D eigenvalue weighted by Crippen LogP contribution is -2.43. The number of nitrogens with two attached hydrogens (primary N) is 1. The molecular weight excluding hydrogens is 304 g/mol. The maximum atomic E-state index is 11.8. The summed E-state index contributed by atoms with van der Waals surface area (Å²) in [5.74, 6) is -0.470. The van der Waals surface area contributed by atoms with E-state index in [1.54, 1.807) is 17.8 Å². The molecule has 8 heteroatoms. The molecule has 1 atom stereocenters. The van der Waals surface area contributed by atoms with Crippen molar-refractivity contribution in [3.05, 3.63) is 23.5 Å². The molecule has 2 N–H and O–H groups in total. The van der Waals surface area contributed by atoms with Gasteiger partial charge in [0.25, 0.3) is 0 Å². The molecule has 0 fully saturated rings. The number of carbonyl (C=O) groups excluding carboxylic acids is 2. The lowest BCUT2D eigenvalue weighted by atomic mass is 9.87. The minimum atomic E-state index is -0.698. The molecule has 0 radical (unpaired) electrons. The van der Waals surface area contributed by atoms with Crippen molar-refractivity contribution in [3.63, 3.8) is 0 Å². The predicted molar refractivity (Wildman–Crippen MR) is 82.2 cm³/mol. The molecule has 0 amide bonds. The molecule has 0 aliphatic rings. The summed E-state index contributed by atoms with van der Waals surface area (Å²) in [6, 6.07) is -0.698. The quantitative estimate of drug-likeness (QED) is 0.664. The maximum absolute atomic E-state index is 11.8. The Bertz CT molecular complexity index is 672. The van der Waals surface area contributed by atoms with Crippen LogP contribution < -0.4 is 5.73 Å². The van der Waals surface area contributed by atoms with Crippen LogP contribution in [0, 0.1) is 5.41 Å². The summed E-state index contributed by atoms with van der Waals surface area (Å²) in [6.07, 6.45) is 3.99. The highest BCUT2D eigenvalue weighted by molar-refractivity contribution is 7.13. The van der Waals surface area contributed by atoms with Gasteiger partial charge in [0.2, 0.25) is 0 Å². The van der Waals surface area contributed by atoms with Crippen LogP contribution in [-0.4, -0.2) is 33.1 Å². The summed E-state index contributed by atoms with van der Waals surface area (Å²) in [5, 5.41) is 6.45. The molecule has 22 heavy (non-hydrogen) atoms. The van der Waals surface area contributed by atoms with Gasteiger partial charge in [-0.05, 0) is 5.41 Å². The SMILES string of the molecule is CC(C)(C)C(N)C(=O)OCn1cc(-c2nc(C=O)cs2)cn1. The molecule has 2 aromatic heterocycles. The first-order chi connectivity index (χ1) is 10.3. The van der Waals surface area contributed by atoms with E-state index in [0.717, 1.165) is 5.56 Å². The highest BCUT2D eigenvalue weighted by atomic mass is 32.1. The lowest BCUT2D eigenvalue weighted by Gasteiger charge is -2.24. The average Bonchev–Trinajstić information content (AvgIpc) is 3.11. The van der Waals surface area contributed by atoms with Crippen LogP contribution in [0.3, 0.4) is 0 Å². The van der Waals surface area contributed by atoms with Gasteiger partial charge in [-0.1, -0.05) is 20.8 Å². The number of thiazole rings is 1. The van der Waals surface area contributed by atoms with Crippen LogP contribution >= 0.6 is 11.3 Å². The van der Waals surface area contributed by atoms with Gasteiger partial charge in [0, 0.05) is 17.1 Å². The number of rotatable bonds is 5. The van der Waals surface area contributed by atoms with Crippen LogP contribution in [0.1, 0.15) is 31.3 Å². The highest BCUT2D eigenvalue weighted by Gasteiger charge is 2.28. The van der Waals surface area contributed by atoms with Gasteiger partial charge in [-0.2, -0.15) is 5.10 Å². The molecule has 2 heterocycles. The summed E-state index contributed by atoms with van der Waals surface area (Å²) in [7, 11) is 0. The Balaban J connectivity index is 1.98. The van der Waals surface area contributed by atoms with Crippen LogP contribution in [-0.2, 0) is 16.3 Å². The molecule has 7 nitrogen and oxygen atoms in total. The third-order valence-electron chi connectivity index (χ3n) is 3.05. The average molecular weight is 322 g/mol.